The van der Waals surface area contributed by atoms with E-state index in [0.29, 0.717) is 17.1 Å². The van der Waals surface area contributed by atoms with Crippen molar-refractivity contribution in [2.45, 2.75) is 49.7 Å². The van der Waals surface area contributed by atoms with E-state index in [9.17, 15) is 0 Å². The van der Waals surface area contributed by atoms with Gasteiger partial charge in [0.2, 0.25) is 5.89 Å². The number of benzene rings is 1. The number of aromatic nitrogens is 2. The topological polar surface area (TPSA) is 75.3 Å². The van der Waals surface area contributed by atoms with Crippen LogP contribution in [-0.2, 0) is 6.42 Å². The largest absolute Gasteiger partial charge is 0.356 e. The molecule has 2 rings (SSSR count). The molecule has 1 aromatic heterocycles. The summed E-state index contributed by atoms with van der Waals surface area (Å²) in [5.41, 5.74) is 0. The molecule has 0 amide bonds. The summed E-state index contributed by atoms with van der Waals surface area (Å²) >= 11 is 1.85. The van der Waals surface area contributed by atoms with Crippen molar-refractivity contribution in [2.24, 2.45) is 4.99 Å². The molecule has 142 valence electrons. The number of aliphatic imine (C=N–C) groups is 1. The van der Waals surface area contributed by atoms with Crippen molar-refractivity contribution in [3.63, 3.8) is 0 Å². The van der Waals surface area contributed by atoms with E-state index in [1.807, 2.05) is 17.8 Å². The zero-order valence-corrected chi connectivity index (χ0v) is 16.8. The molecule has 0 aliphatic carbocycles. The molecule has 6 nitrogen and oxygen atoms in total. The predicted molar refractivity (Wildman–Crippen MR) is 108 cm³/mol. The van der Waals surface area contributed by atoms with Crippen molar-refractivity contribution in [1.29, 1.82) is 0 Å². The van der Waals surface area contributed by atoms with Gasteiger partial charge in [-0.1, -0.05) is 44.1 Å². The molecule has 2 N–H and O–H groups in total. The summed E-state index contributed by atoms with van der Waals surface area (Å²) in [6.07, 6.45) is 1.68. The fourth-order valence-electron chi connectivity index (χ4n) is 2.28. The van der Waals surface area contributed by atoms with Crippen molar-refractivity contribution in [2.75, 3.05) is 20.1 Å². The van der Waals surface area contributed by atoms with Gasteiger partial charge in [-0.3, -0.25) is 4.99 Å². The zero-order valence-electron chi connectivity index (χ0n) is 16.0. The van der Waals surface area contributed by atoms with Crippen LogP contribution in [0.1, 0.15) is 44.8 Å². The van der Waals surface area contributed by atoms with E-state index >= 15 is 0 Å². The summed E-state index contributed by atoms with van der Waals surface area (Å²) in [7, 11) is 1.79. The average molecular weight is 376 g/mol. The summed E-state index contributed by atoms with van der Waals surface area (Å²) in [5.74, 6) is 2.59. The SMILES string of the molecule is CN=C(NCCCc1nc(C(C)C)no1)NCC(C)Sc1ccccc1. The Morgan fingerprint density at radius 1 is 1.19 bits per heavy atom. The van der Waals surface area contributed by atoms with Gasteiger partial charge < -0.3 is 15.2 Å². The molecular weight excluding hydrogens is 346 g/mol. The number of rotatable bonds is 9. The molecule has 1 aromatic carbocycles. The van der Waals surface area contributed by atoms with Crippen LogP contribution in [0.25, 0.3) is 0 Å². The molecule has 26 heavy (non-hydrogen) atoms. The van der Waals surface area contributed by atoms with Crippen LogP contribution in [0.5, 0.6) is 0 Å². The first-order valence-electron chi connectivity index (χ1n) is 9.07. The van der Waals surface area contributed by atoms with Gasteiger partial charge in [0.05, 0.1) is 0 Å². The predicted octanol–water partition coefficient (Wildman–Crippen LogP) is 3.47. The zero-order chi connectivity index (χ0) is 18.8. The molecule has 1 heterocycles. The van der Waals surface area contributed by atoms with Crippen LogP contribution >= 0.6 is 11.8 Å². The summed E-state index contributed by atoms with van der Waals surface area (Å²) in [6.45, 7) is 7.98. The normalized spacial score (nSPS) is 13.0. The van der Waals surface area contributed by atoms with Gasteiger partial charge in [-0.15, -0.1) is 11.8 Å². The highest BCUT2D eigenvalue weighted by atomic mass is 32.2. The average Bonchev–Trinajstić information content (AvgIpc) is 3.11. The van der Waals surface area contributed by atoms with Gasteiger partial charge in [-0.2, -0.15) is 4.98 Å². The van der Waals surface area contributed by atoms with E-state index in [0.717, 1.165) is 37.7 Å². The van der Waals surface area contributed by atoms with E-state index in [2.05, 4.69) is 70.8 Å². The van der Waals surface area contributed by atoms with Crippen molar-refractivity contribution in [1.82, 2.24) is 20.8 Å². The van der Waals surface area contributed by atoms with E-state index in [1.165, 1.54) is 4.90 Å². The lowest BCUT2D eigenvalue weighted by Gasteiger charge is -2.15. The Kier molecular flexibility index (Phi) is 8.47. The summed E-state index contributed by atoms with van der Waals surface area (Å²) in [5, 5.41) is 11.1. The quantitative estimate of drug-likeness (QED) is 0.302. The van der Waals surface area contributed by atoms with Crippen molar-refractivity contribution < 1.29 is 4.52 Å². The highest BCUT2D eigenvalue weighted by molar-refractivity contribution is 8.00. The molecule has 1 unspecified atom stereocenters. The van der Waals surface area contributed by atoms with Crippen molar-refractivity contribution in [3.05, 3.63) is 42.0 Å². The molecule has 2 aromatic rings. The Morgan fingerprint density at radius 3 is 2.62 bits per heavy atom. The number of guanidine groups is 1. The second-order valence-corrected chi connectivity index (χ2v) is 7.94. The number of hydrogen-bond donors (Lipinski definition) is 2. The number of hydrogen-bond acceptors (Lipinski definition) is 5. The molecule has 0 saturated carbocycles. The molecule has 0 fully saturated rings. The van der Waals surface area contributed by atoms with Gasteiger partial charge in [0.25, 0.3) is 0 Å². The molecular formula is C19H29N5OS. The third-order valence-corrected chi connectivity index (χ3v) is 4.83. The Labute approximate surface area is 160 Å². The van der Waals surface area contributed by atoms with Crippen LogP contribution in [0.2, 0.25) is 0 Å². The Balaban J connectivity index is 1.64. The number of thioether (sulfide) groups is 1. The van der Waals surface area contributed by atoms with Crippen LogP contribution in [0.3, 0.4) is 0 Å². The maximum absolute atomic E-state index is 5.26. The first-order valence-corrected chi connectivity index (χ1v) is 9.95. The highest BCUT2D eigenvalue weighted by Gasteiger charge is 2.09. The van der Waals surface area contributed by atoms with Gasteiger partial charge in [-0.25, -0.2) is 0 Å². The van der Waals surface area contributed by atoms with Crippen molar-refractivity contribution >= 4 is 17.7 Å². The van der Waals surface area contributed by atoms with Crippen LogP contribution in [0, 0.1) is 0 Å². The first-order chi connectivity index (χ1) is 12.6. The van der Waals surface area contributed by atoms with E-state index in [-0.39, 0.29) is 0 Å². The molecule has 1 atom stereocenters. The van der Waals surface area contributed by atoms with Crippen LogP contribution < -0.4 is 10.6 Å². The van der Waals surface area contributed by atoms with E-state index in [4.69, 9.17) is 4.52 Å². The minimum Gasteiger partial charge on any atom is -0.356 e. The standard InChI is InChI=1S/C19H29N5OS/c1-14(2)18-23-17(25-24-18)11-8-12-21-19(20-4)22-13-15(3)26-16-9-6-5-7-10-16/h5-7,9-10,14-15H,8,11-13H2,1-4H3,(H2,20,21,22). The number of aryl methyl sites for hydroxylation is 1. The highest BCUT2D eigenvalue weighted by Crippen LogP contribution is 2.21. The second kappa shape index (κ2) is 10.9. The van der Waals surface area contributed by atoms with Crippen LogP contribution in [0.4, 0.5) is 0 Å². The van der Waals surface area contributed by atoms with E-state index in [1.54, 1.807) is 7.05 Å². The molecule has 0 aliphatic rings. The molecule has 7 heteroatoms. The lowest BCUT2D eigenvalue weighted by Crippen LogP contribution is -2.40. The molecule has 0 spiro atoms. The summed E-state index contributed by atoms with van der Waals surface area (Å²) in [6, 6.07) is 10.4. The smallest absolute Gasteiger partial charge is 0.226 e. The van der Waals surface area contributed by atoms with Gasteiger partial charge >= 0.3 is 0 Å². The van der Waals surface area contributed by atoms with Crippen LogP contribution in [0.15, 0.2) is 44.7 Å². The van der Waals surface area contributed by atoms with Crippen molar-refractivity contribution in [3.8, 4) is 0 Å². The number of nitrogens with one attached hydrogen (secondary N) is 2. The maximum atomic E-state index is 5.26. The number of nitrogens with zero attached hydrogens (tertiary/aromatic N) is 3. The fourth-order valence-corrected chi connectivity index (χ4v) is 3.23. The monoisotopic (exact) mass is 375 g/mol. The molecule has 0 radical (unpaired) electrons. The Morgan fingerprint density at radius 2 is 1.96 bits per heavy atom. The fraction of sp³-hybridized carbons (Fsp3) is 0.526. The molecule has 0 aliphatic heterocycles. The lowest BCUT2D eigenvalue weighted by molar-refractivity contribution is 0.368. The minimum atomic E-state index is 0.296. The third kappa shape index (κ3) is 7.07. The van der Waals surface area contributed by atoms with Gasteiger partial charge in [0, 0.05) is 42.6 Å². The minimum absolute atomic E-state index is 0.296. The first kappa shape index (κ1) is 20.3. The second-order valence-electron chi connectivity index (χ2n) is 6.43. The summed E-state index contributed by atoms with van der Waals surface area (Å²) < 4.78 is 5.26. The van der Waals surface area contributed by atoms with E-state index < -0.39 is 0 Å². The Bertz CT molecular complexity index is 672. The van der Waals surface area contributed by atoms with Gasteiger partial charge in [-0.05, 0) is 18.6 Å². The molecule has 0 bridgehead atoms. The Hall–Kier alpha value is -2.02. The molecule has 0 saturated heterocycles. The van der Waals surface area contributed by atoms with Gasteiger partial charge in [0.15, 0.2) is 11.8 Å². The third-order valence-electron chi connectivity index (χ3n) is 3.72. The summed E-state index contributed by atoms with van der Waals surface area (Å²) in [4.78, 5) is 9.95. The van der Waals surface area contributed by atoms with Gasteiger partial charge in [0.1, 0.15) is 0 Å². The maximum Gasteiger partial charge on any atom is 0.226 e. The van der Waals surface area contributed by atoms with Crippen LogP contribution in [-0.4, -0.2) is 41.5 Å². The lowest BCUT2D eigenvalue weighted by atomic mass is 10.2.